The van der Waals surface area contributed by atoms with E-state index in [1.165, 1.54) is 0 Å². The van der Waals surface area contributed by atoms with Crippen LogP contribution in [0.25, 0.3) is 0 Å². The lowest BCUT2D eigenvalue weighted by molar-refractivity contribution is -0.123. The molecule has 0 aliphatic carbocycles. The minimum absolute atomic E-state index is 0.00625. The second-order valence-electron chi connectivity index (χ2n) is 4.22. The maximum atomic E-state index is 11.6. The number of Topliss-reactive ketones (excluding diaryl/α,β-unsaturated/α-hetero) is 1. The zero-order valence-corrected chi connectivity index (χ0v) is 10.1. The van der Waals surface area contributed by atoms with Crippen molar-refractivity contribution in [3.05, 3.63) is 29.8 Å². The zero-order valence-electron chi connectivity index (χ0n) is 10.1. The number of hydrogen-bond donors (Lipinski definition) is 1. The summed E-state index contributed by atoms with van der Waals surface area (Å²) in [5.74, 6) is 0.913. The smallest absolute Gasteiger partial charge is 0.152 e. The summed E-state index contributed by atoms with van der Waals surface area (Å²) >= 11 is 0. The van der Waals surface area contributed by atoms with Gasteiger partial charge in [-0.1, -0.05) is 26.0 Å². The summed E-state index contributed by atoms with van der Waals surface area (Å²) in [4.78, 5) is 11.6. The topological polar surface area (TPSA) is 52.3 Å². The largest absolute Gasteiger partial charge is 0.497 e. The highest BCUT2D eigenvalue weighted by molar-refractivity contribution is 5.85. The monoisotopic (exact) mass is 221 g/mol. The first kappa shape index (κ1) is 12.7. The molecule has 1 aromatic rings. The van der Waals surface area contributed by atoms with E-state index in [4.69, 9.17) is 10.5 Å². The number of ether oxygens (including phenoxy) is 1. The first-order chi connectivity index (χ1) is 7.54. The van der Waals surface area contributed by atoms with Gasteiger partial charge in [-0.05, 0) is 24.1 Å². The number of methoxy groups -OCH3 is 1. The normalized spacial score (nSPS) is 12.6. The van der Waals surface area contributed by atoms with E-state index in [0.29, 0.717) is 6.42 Å². The van der Waals surface area contributed by atoms with Gasteiger partial charge < -0.3 is 10.5 Å². The molecule has 0 saturated heterocycles. The van der Waals surface area contributed by atoms with Gasteiger partial charge in [0.1, 0.15) is 5.75 Å². The van der Waals surface area contributed by atoms with Crippen molar-refractivity contribution in [2.24, 2.45) is 11.7 Å². The van der Waals surface area contributed by atoms with E-state index in [-0.39, 0.29) is 11.7 Å². The molecule has 1 aromatic carbocycles. The highest BCUT2D eigenvalue weighted by atomic mass is 16.5. The van der Waals surface area contributed by atoms with E-state index in [1.807, 2.05) is 38.1 Å². The second-order valence-corrected chi connectivity index (χ2v) is 4.22. The number of nitrogens with two attached hydrogens (primary N) is 1. The molecule has 0 aromatic heterocycles. The number of hydrogen-bond acceptors (Lipinski definition) is 3. The summed E-state index contributed by atoms with van der Waals surface area (Å²) in [6, 6.07) is 7.22. The molecule has 3 heteroatoms. The summed E-state index contributed by atoms with van der Waals surface area (Å²) in [5, 5.41) is 0. The third-order valence-corrected chi connectivity index (χ3v) is 2.55. The molecule has 0 heterocycles. The number of rotatable bonds is 5. The maximum absolute atomic E-state index is 11.6. The molecule has 0 fully saturated rings. The van der Waals surface area contributed by atoms with E-state index in [0.717, 1.165) is 11.3 Å². The summed E-state index contributed by atoms with van der Waals surface area (Å²) in [5.41, 5.74) is 6.90. The van der Waals surface area contributed by atoms with Gasteiger partial charge in [0, 0.05) is 5.92 Å². The molecule has 1 atom stereocenters. The summed E-state index contributed by atoms with van der Waals surface area (Å²) < 4.78 is 5.06. The molecular formula is C13H19NO2. The molecule has 0 unspecified atom stereocenters. The Balaban J connectivity index is 2.62. The van der Waals surface area contributed by atoms with Gasteiger partial charge in [-0.15, -0.1) is 0 Å². The Morgan fingerprint density at radius 3 is 2.31 bits per heavy atom. The van der Waals surface area contributed by atoms with E-state index >= 15 is 0 Å². The lowest BCUT2D eigenvalue weighted by Gasteiger charge is -2.13. The molecule has 88 valence electrons. The van der Waals surface area contributed by atoms with Crippen molar-refractivity contribution >= 4 is 5.78 Å². The van der Waals surface area contributed by atoms with Crippen molar-refractivity contribution in [1.82, 2.24) is 0 Å². The Labute approximate surface area is 96.6 Å². The Morgan fingerprint density at radius 1 is 1.31 bits per heavy atom. The van der Waals surface area contributed by atoms with Crippen LogP contribution in [-0.2, 0) is 11.2 Å². The third kappa shape index (κ3) is 3.35. The van der Waals surface area contributed by atoms with Crippen molar-refractivity contribution in [2.75, 3.05) is 7.11 Å². The van der Waals surface area contributed by atoms with Crippen molar-refractivity contribution < 1.29 is 9.53 Å². The van der Waals surface area contributed by atoms with E-state index in [2.05, 4.69) is 0 Å². The summed E-state index contributed by atoms with van der Waals surface area (Å²) in [7, 11) is 1.63. The van der Waals surface area contributed by atoms with Crippen molar-refractivity contribution in [1.29, 1.82) is 0 Å². The minimum atomic E-state index is -0.409. The molecule has 0 aliphatic rings. The van der Waals surface area contributed by atoms with E-state index < -0.39 is 6.04 Å². The molecule has 1 rings (SSSR count). The number of benzene rings is 1. The van der Waals surface area contributed by atoms with Crippen LogP contribution in [0.1, 0.15) is 19.4 Å². The van der Waals surface area contributed by atoms with Crippen LogP contribution < -0.4 is 10.5 Å². The molecule has 16 heavy (non-hydrogen) atoms. The quantitative estimate of drug-likeness (QED) is 0.824. The number of ketones is 1. The van der Waals surface area contributed by atoms with E-state index in [9.17, 15) is 4.79 Å². The average molecular weight is 221 g/mol. The summed E-state index contributed by atoms with van der Waals surface area (Å²) in [6.07, 6.45) is 0.584. The fourth-order valence-electron chi connectivity index (χ4n) is 1.54. The van der Waals surface area contributed by atoms with Gasteiger partial charge in [-0.25, -0.2) is 0 Å². The first-order valence-electron chi connectivity index (χ1n) is 5.47. The highest BCUT2D eigenvalue weighted by Crippen LogP contribution is 2.13. The second kappa shape index (κ2) is 5.66. The van der Waals surface area contributed by atoms with Crippen LogP contribution in [0.3, 0.4) is 0 Å². The van der Waals surface area contributed by atoms with Gasteiger partial charge in [0.2, 0.25) is 0 Å². The molecule has 0 spiro atoms. The molecule has 3 nitrogen and oxygen atoms in total. The Kier molecular flexibility index (Phi) is 4.50. The predicted molar refractivity (Wildman–Crippen MR) is 64.5 cm³/mol. The van der Waals surface area contributed by atoms with Gasteiger partial charge in [0.15, 0.2) is 5.78 Å². The van der Waals surface area contributed by atoms with Crippen LogP contribution in [-0.4, -0.2) is 18.9 Å². The van der Waals surface area contributed by atoms with Crippen LogP contribution in [0.5, 0.6) is 5.75 Å². The Bertz CT molecular complexity index is 343. The fraction of sp³-hybridized carbons (Fsp3) is 0.462. The fourth-order valence-corrected chi connectivity index (χ4v) is 1.54. The molecule has 0 amide bonds. The van der Waals surface area contributed by atoms with Gasteiger partial charge >= 0.3 is 0 Å². The summed E-state index contributed by atoms with van der Waals surface area (Å²) in [6.45, 7) is 3.74. The molecule has 0 aliphatic heterocycles. The molecular weight excluding hydrogens is 202 g/mol. The van der Waals surface area contributed by atoms with Gasteiger partial charge in [0.05, 0.1) is 13.2 Å². The van der Waals surface area contributed by atoms with Crippen molar-refractivity contribution in [3.8, 4) is 5.75 Å². The van der Waals surface area contributed by atoms with E-state index in [1.54, 1.807) is 7.11 Å². The zero-order chi connectivity index (χ0) is 12.1. The highest BCUT2D eigenvalue weighted by Gasteiger charge is 2.17. The molecule has 0 saturated carbocycles. The SMILES string of the molecule is COc1ccc(C[C@H](N)C(=O)C(C)C)cc1. The van der Waals surface area contributed by atoms with Gasteiger partial charge in [-0.3, -0.25) is 4.79 Å². The van der Waals surface area contributed by atoms with Gasteiger partial charge in [0.25, 0.3) is 0 Å². The predicted octanol–water partition coefficient (Wildman–Crippen LogP) is 1.79. The lowest BCUT2D eigenvalue weighted by Crippen LogP contribution is -2.35. The average Bonchev–Trinajstić information content (AvgIpc) is 2.28. The van der Waals surface area contributed by atoms with Crippen LogP contribution in [0.2, 0.25) is 0 Å². The van der Waals surface area contributed by atoms with Crippen LogP contribution in [0.4, 0.5) is 0 Å². The standard InChI is InChI=1S/C13H19NO2/c1-9(2)13(15)12(14)8-10-4-6-11(16-3)7-5-10/h4-7,9,12H,8,14H2,1-3H3/t12-/m0/s1. The maximum Gasteiger partial charge on any atom is 0.152 e. The number of carbonyl (C=O) groups excluding carboxylic acids is 1. The first-order valence-corrected chi connectivity index (χ1v) is 5.47. The molecule has 2 N–H and O–H groups in total. The van der Waals surface area contributed by atoms with Crippen molar-refractivity contribution in [3.63, 3.8) is 0 Å². The lowest BCUT2D eigenvalue weighted by atomic mass is 9.96. The number of carbonyl (C=O) groups is 1. The Morgan fingerprint density at radius 2 is 1.88 bits per heavy atom. The van der Waals surface area contributed by atoms with Crippen LogP contribution >= 0.6 is 0 Å². The van der Waals surface area contributed by atoms with Crippen molar-refractivity contribution in [2.45, 2.75) is 26.3 Å². The third-order valence-electron chi connectivity index (χ3n) is 2.55. The van der Waals surface area contributed by atoms with Crippen LogP contribution in [0, 0.1) is 5.92 Å². The van der Waals surface area contributed by atoms with Crippen LogP contribution in [0.15, 0.2) is 24.3 Å². The molecule has 0 radical (unpaired) electrons. The minimum Gasteiger partial charge on any atom is -0.497 e. The Hall–Kier alpha value is -1.35. The molecule has 0 bridgehead atoms. The van der Waals surface area contributed by atoms with Gasteiger partial charge in [-0.2, -0.15) is 0 Å².